The summed E-state index contributed by atoms with van der Waals surface area (Å²) in [4.78, 5) is 24.8. The van der Waals surface area contributed by atoms with Gasteiger partial charge in [0, 0.05) is 13.6 Å². The molecule has 21 heavy (non-hydrogen) atoms. The summed E-state index contributed by atoms with van der Waals surface area (Å²) in [6.45, 7) is 6.16. The standard InChI is InChI=1S/C16H24N2O3/c1-5-12(3)14(15(19)20)17-16(21)18(4)10-13-8-6-7-11(2)9-13/h6-9,12,14H,5,10H2,1-4H3,(H,17,21)(H,19,20)/t12-,14-/m0/s1. The fourth-order valence-corrected chi connectivity index (χ4v) is 2.08. The molecular formula is C16H24N2O3. The summed E-state index contributed by atoms with van der Waals surface area (Å²) >= 11 is 0. The molecule has 0 spiro atoms. The van der Waals surface area contributed by atoms with Crippen molar-refractivity contribution in [2.24, 2.45) is 5.92 Å². The predicted octanol–water partition coefficient (Wildman–Crippen LogP) is 2.64. The highest BCUT2D eigenvalue weighted by Gasteiger charge is 2.26. The Labute approximate surface area is 126 Å². The highest BCUT2D eigenvalue weighted by Crippen LogP contribution is 2.10. The van der Waals surface area contributed by atoms with Gasteiger partial charge >= 0.3 is 12.0 Å². The number of carbonyl (C=O) groups excluding carboxylic acids is 1. The van der Waals surface area contributed by atoms with Gasteiger partial charge in [-0.15, -0.1) is 0 Å². The second kappa shape index (κ2) is 7.67. The Balaban J connectivity index is 2.67. The maximum Gasteiger partial charge on any atom is 0.326 e. The Morgan fingerprint density at radius 1 is 1.38 bits per heavy atom. The van der Waals surface area contributed by atoms with E-state index in [1.807, 2.05) is 45.0 Å². The maximum absolute atomic E-state index is 12.1. The number of carboxylic acid groups (broad SMARTS) is 1. The lowest BCUT2D eigenvalue weighted by Crippen LogP contribution is -2.49. The number of aliphatic carboxylic acids is 1. The van der Waals surface area contributed by atoms with Crippen molar-refractivity contribution < 1.29 is 14.7 Å². The molecule has 1 aromatic carbocycles. The molecule has 0 fully saturated rings. The van der Waals surface area contributed by atoms with Crippen molar-refractivity contribution in [3.8, 4) is 0 Å². The summed E-state index contributed by atoms with van der Waals surface area (Å²) in [5.74, 6) is -1.11. The zero-order valence-electron chi connectivity index (χ0n) is 13.1. The van der Waals surface area contributed by atoms with Gasteiger partial charge in [0.1, 0.15) is 6.04 Å². The maximum atomic E-state index is 12.1. The molecule has 0 radical (unpaired) electrons. The number of carboxylic acids is 1. The minimum Gasteiger partial charge on any atom is -0.480 e. The van der Waals surface area contributed by atoms with Crippen LogP contribution in [0.5, 0.6) is 0 Å². The number of aryl methyl sites for hydroxylation is 1. The first kappa shape index (κ1) is 17.0. The van der Waals surface area contributed by atoms with Crippen LogP contribution in [-0.4, -0.2) is 35.1 Å². The SMILES string of the molecule is CC[C@H](C)[C@H](NC(=O)N(C)Cc1cccc(C)c1)C(=O)O. The molecular weight excluding hydrogens is 268 g/mol. The van der Waals surface area contributed by atoms with Crippen LogP contribution in [0, 0.1) is 12.8 Å². The average Bonchev–Trinajstić information content (AvgIpc) is 2.43. The van der Waals surface area contributed by atoms with E-state index in [-0.39, 0.29) is 11.9 Å². The Bertz CT molecular complexity index is 502. The lowest BCUT2D eigenvalue weighted by Gasteiger charge is -2.24. The zero-order valence-corrected chi connectivity index (χ0v) is 13.1. The third kappa shape index (κ3) is 5.10. The molecule has 0 unspecified atom stereocenters. The minimum absolute atomic E-state index is 0.112. The summed E-state index contributed by atoms with van der Waals surface area (Å²) in [7, 11) is 1.66. The zero-order chi connectivity index (χ0) is 16.0. The van der Waals surface area contributed by atoms with Gasteiger partial charge in [-0.3, -0.25) is 0 Å². The van der Waals surface area contributed by atoms with E-state index in [1.54, 1.807) is 7.05 Å². The Morgan fingerprint density at radius 3 is 2.57 bits per heavy atom. The first-order chi connectivity index (χ1) is 9.85. The second-order valence-electron chi connectivity index (χ2n) is 5.50. The third-order valence-electron chi connectivity index (χ3n) is 3.61. The van der Waals surface area contributed by atoms with Crippen LogP contribution in [0.1, 0.15) is 31.4 Å². The van der Waals surface area contributed by atoms with Crippen molar-refractivity contribution in [1.29, 1.82) is 0 Å². The predicted molar refractivity (Wildman–Crippen MR) is 82.1 cm³/mol. The van der Waals surface area contributed by atoms with Gasteiger partial charge in [-0.2, -0.15) is 0 Å². The van der Waals surface area contributed by atoms with E-state index in [0.29, 0.717) is 13.0 Å². The normalized spacial score (nSPS) is 13.3. The van der Waals surface area contributed by atoms with Crippen LogP contribution in [0.25, 0.3) is 0 Å². The van der Waals surface area contributed by atoms with Crippen molar-refractivity contribution >= 4 is 12.0 Å². The highest BCUT2D eigenvalue weighted by molar-refractivity contribution is 5.82. The first-order valence-corrected chi connectivity index (χ1v) is 7.15. The van der Waals surface area contributed by atoms with Gasteiger partial charge in [0.15, 0.2) is 0 Å². The number of hydrogen-bond acceptors (Lipinski definition) is 2. The summed E-state index contributed by atoms with van der Waals surface area (Å²) < 4.78 is 0. The molecule has 116 valence electrons. The number of rotatable bonds is 6. The summed E-state index contributed by atoms with van der Waals surface area (Å²) in [5, 5.41) is 11.8. The quantitative estimate of drug-likeness (QED) is 0.847. The number of carbonyl (C=O) groups is 2. The van der Waals surface area contributed by atoms with E-state index in [9.17, 15) is 14.7 Å². The van der Waals surface area contributed by atoms with Crippen molar-refractivity contribution in [3.05, 3.63) is 35.4 Å². The van der Waals surface area contributed by atoms with Crippen LogP contribution in [0.15, 0.2) is 24.3 Å². The van der Waals surface area contributed by atoms with Crippen LogP contribution >= 0.6 is 0 Å². The Kier molecular flexibility index (Phi) is 6.21. The molecule has 2 atom stereocenters. The van der Waals surface area contributed by atoms with Gasteiger partial charge in [0.05, 0.1) is 0 Å². The van der Waals surface area contributed by atoms with Crippen LogP contribution in [0.2, 0.25) is 0 Å². The van der Waals surface area contributed by atoms with Gasteiger partial charge in [-0.25, -0.2) is 9.59 Å². The molecule has 1 rings (SSSR count). The molecule has 0 saturated carbocycles. The molecule has 0 saturated heterocycles. The monoisotopic (exact) mass is 292 g/mol. The number of hydrogen-bond donors (Lipinski definition) is 2. The number of urea groups is 1. The van der Waals surface area contributed by atoms with Gasteiger partial charge in [0.2, 0.25) is 0 Å². The van der Waals surface area contributed by atoms with Crippen LogP contribution < -0.4 is 5.32 Å². The molecule has 0 heterocycles. The molecule has 0 aliphatic rings. The molecule has 0 bridgehead atoms. The van der Waals surface area contributed by atoms with Gasteiger partial charge in [0.25, 0.3) is 0 Å². The number of nitrogens with one attached hydrogen (secondary N) is 1. The Morgan fingerprint density at radius 2 is 2.05 bits per heavy atom. The number of amides is 2. The van der Waals surface area contributed by atoms with Gasteiger partial charge in [-0.05, 0) is 18.4 Å². The topological polar surface area (TPSA) is 69.6 Å². The summed E-state index contributed by atoms with van der Waals surface area (Å²) in [6, 6.07) is 6.65. The van der Waals surface area contributed by atoms with E-state index < -0.39 is 12.0 Å². The minimum atomic E-state index is -0.998. The van der Waals surface area contributed by atoms with E-state index in [0.717, 1.165) is 11.1 Å². The van der Waals surface area contributed by atoms with E-state index in [2.05, 4.69) is 5.32 Å². The first-order valence-electron chi connectivity index (χ1n) is 7.15. The lowest BCUT2D eigenvalue weighted by molar-refractivity contribution is -0.140. The van der Waals surface area contributed by atoms with Gasteiger partial charge in [-0.1, -0.05) is 50.1 Å². The molecule has 0 aromatic heterocycles. The molecule has 0 aliphatic carbocycles. The number of benzene rings is 1. The fourth-order valence-electron chi connectivity index (χ4n) is 2.08. The van der Waals surface area contributed by atoms with Crippen molar-refractivity contribution in [2.75, 3.05) is 7.05 Å². The van der Waals surface area contributed by atoms with Crippen LogP contribution in [0.4, 0.5) is 4.79 Å². The van der Waals surface area contributed by atoms with E-state index in [1.165, 1.54) is 4.90 Å². The second-order valence-corrected chi connectivity index (χ2v) is 5.50. The molecule has 0 aliphatic heterocycles. The molecule has 2 N–H and O–H groups in total. The summed E-state index contributed by atoms with van der Waals surface area (Å²) in [5.41, 5.74) is 2.15. The van der Waals surface area contributed by atoms with Crippen molar-refractivity contribution in [2.45, 2.75) is 39.8 Å². The summed E-state index contributed by atoms with van der Waals surface area (Å²) in [6.07, 6.45) is 0.693. The van der Waals surface area contributed by atoms with E-state index in [4.69, 9.17) is 0 Å². The van der Waals surface area contributed by atoms with Crippen LogP contribution in [0.3, 0.4) is 0 Å². The smallest absolute Gasteiger partial charge is 0.326 e. The largest absolute Gasteiger partial charge is 0.480 e. The average molecular weight is 292 g/mol. The van der Waals surface area contributed by atoms with Crippen LogP contribution in [-0.2, 0) is 11.3 Å². The molecule has 5 nitrogen and oxygen atoms in total. The number of nitrogens with zero attached hydrogens (tertiary/aromatic N) is 1. The Hall–Kier alpha value is -2.04. The van der Waals surface area contributed by atoms with Crippen molar-refractivity contribution in [1.82, 2.24) is 10.2 Å². The third-order valence-corrected chi connectivity index (χ3v) is 3.61. The van der Waals surface area contributed by atoms with Gasteiger partial charge < -0.3 is 15.3 Å². The molecule has 5 heteroatoms. The highest BCUT2D eigenvalue weighted by atomic mass is 16.4. The molecule has 1 aromatic rings. The molecule has 2 amide bonds. The lowest BCUT2D eigenvalue weighted by atomic mass is 9.99. The fraction of sp³-hybridized carbons (Fsp3) is 0.500. The van der Waals surface area contributed by atoms with E-state index >= 15 is 0 Å². The van der Waals surface area contributed by atoms with Crippen molar-refractivity contribution in [3.63, 3.8) is 0 Å².